The molecule has 4 aromatic carbocycles. The summed E-state index contributed by atoms with van der Waals surface area (Å²) in [6.07, 6.45) is 1.37. The van der Waals surface area contributed by atoms with E-state index in [0.29, 0.717) is 43.0 Å². The summed E-state index contributed by atoms with van der Waals surface area (Å²) in [6, 6.07) is 20.3. The summed E-state index contributed by atoms with van der Waals surface area (Å²) in [6.45, 7) is 0.908. The van der Waals surface area contributed by atoms with Gasteiger partial charge >= 0.3 is 0 Å². The second kappa shape index (κ2) is 16.0. The molecule has 0 aliphatic rings. The molecule has 0 saturated carbocycles. The number of anilines is 2. The fourth-order valence-electron chi connectivity index (χ4n) is 4.19. The minimum atomic E-state index is -4.23. The molecule has 0 aliphatic heterocycles. The zero-order valence-electron chi connectivity index (χ0n) is 25.3. The quantitative estimate of drug-likeness (QED) is 0.115. The summed E-state index contributed by atoms with van der Waals surface area (Å²) in [5.41, 5.74) is 4.30. The standard InChI is InChI=1S/C32H29BrCl2N4O7S/c1-20(40)37-24-6-12-27(13-7-24)47(42,43)39(25-8-10-26(44-2)11-9-25)18-31(41)38-36-17-21-14-28(33)32(30(15-21)45-3)46-19-22-4-5-23(34)16-29(22)35/h4-17H,18-19H2,1-3H3,(H,37,40)(H,38,41)/b36-17-. The number of carbonyl (C=O) groups excluding carboxylic acids is 2. The van der Waals surface area contributed by atoms with Crippen molar-refractivity contribution < 1.29 is 32.2 Å². The Balaban J connectivity index is 1.50. The van der Waals surface area contributed by atoms with E-state index in [9.17, 15) is 18.0 Å². The van der Waals surface area contributed by atoms with Crippen LogP contribution in [0.1, 0.15) is 18.1 Å². The van der Waals surface area contributed by atoms with Crippen LogP contribution in [0.4, 0.5) is 11.4 Å². The van der Waals surface area contributed by atoms with Crippen molar-refractivity contribution in [3.05, 3.63) is 105 Å². The van der Waals surface area contributed by atoms with Crippen LogP contribution < -0.4 is 29.3 Å². The lowest BCUT2D eigenvalue weighted by Crippen LogP contribution is -2.39. The number of nitrogens with zero attached hydrogens (tertiary/aromatic N) is 2. The number of hydrazone groups is 1. The molecule has 0 spiro atoms. The lowest BCUT2D eigenvalue weighted by atomic mass is 10.2. The van der Waals surface area contributed by atoms with E-state index in [0.717, 1.165) is 9.87 Å². The van der Waals surface area contributed by atoms with Crippen LogP contribution in [-0.2, 0) is 26.2 Å². The number of rotatable bonds is 13. The number of nitrogens with one attached hydrogen (secondary N) is 2. The van der Waals surface area contributed by atoms with Gasteiger partial charge in [0.25, 0.3) is 15.9 Å². The highest BCUT2D eigenvalue weighted by molar-refractivity contribution is 9.10. The summed E-state index contributed by atoms with van der Waals surface area (Å²) in [4.78, 5) is 24.3. The SMILES string of the molecule is COc1ccc(N(CC(=O)N/N=C\c2cc(Br)c(OCc3ccc(Cl)cc3Cl)c(OC)c2)S(=O)(=O)c2ccc(NC(C)=O)cc2)cc1. The van der Waals surface area contributed by atoms with E-state index in [-0.39, 0.29) is 23.1 Å². The van der Waals surface area contributed by atoms with Gasteiger partial charge in [0, 0.05) is 28.2 Å². The highest BCUT2D eigenvalue weighted by Crippen LogP contribution is 2.37. The average molecular weight is 764 g/mol. The first-order valence-corrected chi connectivity index (χ1v) is 16.7. The van der Waals surface area contributed by atoms with Crippen LogP contribution in [0.3, 0.4) is 0 Å². The van der Waals surface area contributed by atoms with Gasteiger partial charge < -0.3 is 19.5 Å². The molecule has 0 aliphatic carbocycles. The molecule has 0 aromatic heterocycles. The van der Waals surface area contributed by atoms with E-state index in [1.165, 1.54) is 63.8 Å². The number of amides is 2. The number of halogens is 3. The molecule has 0 atom stereocenters. The Hall–Kier alpha value is -4.30. The third-order valence-electron chi connectivity index (χ3n) is 6.45. The fourth-order valence-corrected chi connectivity index (χ4v) is 6.65. The van der Waals surface area contributed by atoms with Crippen molar-refractivity contribution in [1.82, 2.24) is 5.43 Å². The molecule has 0 heterocycles. The molecule has 0 saturated heterocycles. The first kappa shape index (κ1) is 35.6. The summed E-state index contributed by atoms with van der Waals surface area (Å²) in [5.74, 6) is 0.309. The van der Waals surface area contributed by atoms with Crippen LogP contribution in [0.5, 0.6) is 17.2 Å². The van der Waals surface area contributed by atoms with Crippen LogP contribution in [0, 0.1) is 0 Å². The van der Waals surface area contributed by atoms with Gasteiger partial charge in [0.2, 0.25) is 5.91 Å². The predicted molar refractivity (Wildman–Crippen MR) is 185 cm³/mol. The molecule has 0 unspecified atom stereocenters. The van der Waals surface area contributed by atoms with Gasteiger partial charge in [-0.25, -0.2) is 13.8 Å². The van der Waals surface area contributed by atoms with E-state index in [1.54, 1.807) is 42.5 Å². The Morgan fingerprint density at radius 2 is 1.66 bits per heavy atom. The van der Waals surface area contributed by atoms with Crippen molar-refractivity contribution in [2.24, 2.45) is 5.10 Å². The van der Waals surface area contributed by atoms with Crippen molar-refractivity contribution in [2.75, 3.05) is 30.4 Å². The van der Waals surface area contributed by atoms with Gasteiger partial charge in [0.15, 0.2) is 11.5 Å². The van der Waals surface area contributed by atoms with Crippen LogP contribution in [-0.4, -0.2) is 47.2 Å². The zero-order valence-corrected chi connectivity index (χ0v) is 29.2. The topological polar surface area (TPSA) is 136 Å². The summed E-state index contributed by atoms with van der Waals surface area (Å²) in [5, 5.41) is 7.58. The Bertz CT molecular complexity index is 1890. The number of ether oxygens (including phenoxy) is 3. The van der Waals surface area contributed by atoms with Crippen molar-refractivity contribution in [3.8, 4) is 17.2 Å². The Morgan fingerprint density at radius 1 is 0.957 bits per heavy atom. The molecule has 0 bridgehead atoms. The third kappa shape index (κ3) is 9.38. The van der Waals surface area contributed by atoms with Gasteiger partial charge in [-0.15, -0.1) is 0 Å². The molecule has 47 heavy (non-hydrogen) atoms. The largest absolute Gasteiger partial charge is 0.497 e. The monoisotopic (exact) mass is 762 g/mol. The lowest BCUT2D eigenvalue weighted by molar-refractivity contribution is -0.119. The van der Waals surface area contributed by atoms with E-state index in [4.69, 9.17) is 37.4 Å². The second-order valence-corrected chi connectivity index (χ2v) is 13.3. The maximum absolute atomic E-state index is 13.7. The molecular formula is C32H29BrCl2N4O7S. The molecule has 2 N–H and O–H groups in total. The molecule has 4 aromatic rings. The minimum Gasteiger partial charge on any atom is -0.497 e. The highest BCUT2D eigenvalue weighted by atomic mass is 79.9. The van der Waals surface area contributed by atoms with E-state index in [2.05, 4.69) is 31.8 Å². The first-order chi connectivity index (χ1) is 22.4. The number of hydrogen-bond donors (Lipinski definition) is 2. The summed E-state index contributed by atoms with van der Waals surface area (Å²) < 4.78 is 45.6. The van der Waals surface area contributed by atoms with Gasteiger partial charge in [0.1, 0.15) is 18.9 Å². The maximum atomic E-state index is 13.7. The number of sulfonamides is 1. The van der Waals surface area contributed by atoms with E-state index >= 15 is 0 Å². The third-order valence-corrected chi connectivity index (χ3v) is 9.42. The van der Waals surface area contributed by atoms with Gasteiger partial charge in [0.05, 0.1) is 35.5 Å². The molecular weight excluding hydrogens is 735 g/mol. The van der Waals surface area contributed by atoms with Crippen LogP contribution in [0.25, 0.3) is 0 Å². The average Bonchev–Trinajstić information content (AvgIpc) is 3.03. The molecule has 2 amide bonds. The predicted octanol–water partition coefficient (Wildman–Crippen LogP) is 6.66. The van der Waals surface area contributed by atoms with Crippen LogP contribution in [0.2, 0.25) is 10.0 Å². The Labute approximate surface area is 290 Å². The molecule has 0 fully saturated rings. The summed E-state index contributed by atoms with van der Waals surface area (Å²) >= 11 is 15.7. The number of benzene rings is 4. The van der Waals surface area contributed by atoms with Gasteiger partial charge in [-0.05, 0) is 94.3 Å². The van der Waals surface area contributed by atoms with Gasteiger partial charge in [-0.3, -0.25) is 13.9 Å². The van der Waals surface area contributed by atoms with Crippen molar-refractivity contribution >= 4 is 78.6 Å². The molecule has 11 nitrogen and oxygen atoms in total. The smallest absolute Gasteiger partial charge is 0.264 e. The normalized spacial score (nSPS) is 11.2. The van der Waals surface area contributed by atoms with E-state index in [1.807, 2.05) is 0 Å². The zero-order chi connectivity index (χ0) is 34.1. The maximum Gasteiger partial charge on any atom is 0.264 e. The Kier molecular flexibility index (Phi) is 12.1. The van der Waals surface area contributed by atoms with Crippen molar-refractivity contribution in [3.63, 3.8) is 0 Å². The number of carbonyl (C=O) groups is 2. The number of hydrogen-bond acceptors (Lipinski definition) is 8. The van der Waals surface area contributed by atoms with Crippen molar-refractivity contribution in [1.29, 1.82) is 0 Å². The van der Waals surface area contributed by atoms with Crippen LogP contribution in [0.15, 0.2) is 93.3 Å². The minimum absolute atomic E-state index is 0.0868. The van der Waals surface area contributed by atoms with Gasteiger partial charge in [-0.1, -0.05) is 29.3 Å². The van der Waals surface area contributed by atoms with Gasteiger partial charge in [-0.2, -0.15) is 5.10 Å². The summed E-state index contributed by atoms with van der Waals surface area (Å²) in [7, 11) is -1.26. The molecule has 15 heteroatoms. The first-order valence-electron chi connectivity index (χ1n) is 13.7. The number of methoxy groups -OCH3 is 2. The molecule has 246 valence electrons. The Morgan fingerprint density at radius 3 is 2.28 bits per heavy atom. The fraction of sp³-hybridized carbons (Fsp3) is 0.156. The highest BCUT2D eigenvalue weighted by Gasteiger charge is 2.27. The van der Waals surface area contributed by atoms with Crippen molar-refractivity contribution in [2.45, 2.75) is 18.4 Å². The van der Waals surface area contributed by atoms with E-state index < -0.39 is 22.5 Å². The molecule has 0 radical (unpaired) electrons. The second-order valence-electron chi connectivity index (χ2n) is 9.77. The van der Waals surface area contributed by atoms with Crippen LogP contribution >= 0.6 is 39.1 Å². The molecule has 4 rings (SSSR count). The lowest BCUT2D eigenvalue weighted by Gasteiger charge is -2.24.